The van der Waals surface area contributed by atoms with Gasteiger partial charge >= 0.3 is 0 Å². The molecule has 178 valence electrons. The van der Waals surface area contributed by atoms with Gasteiger partial charge in [0.25, 0.3) is 0 Å². The summed E-state index contributed by atoms with van der Waals surface area (Å²) in [5, 5.41) is 0. The van der Waals surface area contributed by atoms with Gasteiger partial charge in [-0.3, -0.25) is 0 Å². The molecule has 0 radical (unpaired) electrons. The zero-order valence-corrected chi connectivity index (χ0v) is 23.2. The van der Waals surface area contributed by atoms with Gasteiger partial charge in [-0.15, -0.1) is 0 Å². The highest BCUT2D eigenvalue weighted by molar-refractivity contribution is 8.76. The predicted molar refractivity (Wildman–Crippen MR) is 149 cm³/mol. The Bertz CT molecular complexity index is 753. The van der Waals surface area contributed by atoms with Crippen molar-refractivity contribution in [1.82, 2.24) is 0 Å². The lowest BCUT2D eigenvalue weighted by molar-refractivity contribution is 0.830. The summed E-state index contributed by atoms with van der Waals surface area (Å²) in [5.74, 6) is 0. The van der Waals surface area contributed by atoms with Gasteiger partial charge in [0.1, 0.15) is 0 Å². The fourth-order valence-corrected chi connectivity index (χ4v) is 7.37. The van der Waals surface area contributed by atoms with Crippen LogP contribution in [0.25, 0.3) is 0 Å². The number of aryl methyl sites for hydroxylation is 4. The minimum Gasteiger partial charge on any atom is -0.0651 e. The van der Waals surface area contributed by atoms with Crippen LogP contribution in [0.15, 0.2) is 34.1 Å². The molecule has 0 amide bonds. The van der Waals surface area contributed by atoms with Gasteiger partial charge in [0.2, 0.25) is 0 Å². The van der Waals surface area contributed by atoms with E-state index in [1.54, 1.807) is 22.3 Å². The maximum absolute atomic E-state index is 2.51. The highest BCUT2D eigenvalue weighted by atomic mass is 33.1. The lowest BCUT2D eigenvalue weighted by Crippen LogP contribution is -2.01. The molecule has 2 aromatic carbocycles. The van der Waals surface area contributed by atoms with E-state index >= 15 is 0 Å². The van der Waals surface area contributed by atoms with E-state index in [-0.39, 0.29) is 0 Å². The standard InChI is InChI=1S/C30H46S2/c1-7-13-23-19-25(15-9-3)27(17-11-5)29(21-23)31-32-30-22-24(14-8-2)20-26(16-10-4)28(30)18-12-6/h19-22H,7-18H2,1-6H3. The van der Waals surface area contributed by atoms with E-state index in [0.717, 1.165) is 0 Å². The van der Waals surface area contributed by atoms with E-state index in [0.29, 0.717) is 0 Å². The Kier molecular flexibility index (Phi) is 12.9. The van der Waals surface area contributed by atoms with Crippen LogP contribution in [0.4, 0.5) is 0 Å². The van der Waals surface area contributed by atoms with Crippen molar-refractivity contribution in [2.75, 3.05) is 0 Å². The minimum atomic E-state index is 1.19. The Hall–Kier alpha value is -0.860. The van der Waals surface area contributed by atoms with Crippen LogP contribution in [0.5, 0.6) is 0 Å². The second kappa shape index (κ2) is 15.1. The van der Waals surface area contributed by atoms with Crippen LogP contribution in [0, 0.1) is 0 Å². The third kappa shape index (κ3) is 7.87. The average Bonchev–Trinajstić information content (AvgIpc) is 2.77. The molecule has 0 spiro atoms. The molecule has 0 heterocycles. The Morgan fingerprint density at radius 1 is 0.438 bits per heavy atom. The molecule has 0 bridgehead atoms. The summed E-state index contributed by atoms with van der Waals surface area (Å²) in [6, 6.07) is 10.0. The maximum Gasteiger partial charge on any atom is 0.0223 e. The Labute approximate surface area is 207 Å². The maximum atomic E-state index is 2.51. The lowest BCUT2D eigenvalue weighted by atomic mass is 9.95. The van der Waals surface area contributed by atoms with E-state index in [2.05, 4.69) is 65.8 Å². The highest BCUT2D eigenvalue weighted by Gasteiger charge is 2.15. The molecule has 0 aromatic heterocycles. The van der Waals surface area contributed by atoms with Gasteiger partial charge in [-0.25, -0.2) is 0 Å². The van der Waals surface area contributed by atoms with Gasteiger partial charge in [-0.05, 0) is 84.0 Å². The summed E-state index contributed by atoms with van der Waals surface area (Å²) >= 11 is 0. The Morgan fingerprint density at radius 3 is 1.09 bits per heavy atom. The minimum absolute atomic E-state index is 1.19. The first-order valence-electron chi connectivity index (χ1n) is 13.2. The number of rotatable bonds is 15. The highest BCUT2D eigenvalue weighted by Crippen LogP contribution is 2.44. The molecule has 0 saturated heterocycles. The topological polar surface area (TPSA) is 0 Å². The summed E-state index contributed by atoms with van der Waals surface area (Å²) in [7, 11) is 4.06. The smallest absolute Gasteiger partial charge is 0.0223 e. The van der Waals surface area contributed by atoms with E-state index in [1.165, 1.54) is 98.0 Å². The summed E-state index contributed by atoms with van der Waals surface area (Å²) in [6.07, 6.45) is 14.5. The van der Waals surface area contributed by atoms with Gasteiger partial charge in [-0.1, -0.05) is 114 Å². The van der Waals surface area contributed by atoms with E-state index in [4.69, 9.17) is 0 Å². The van der Waals surface area contributed by atoms with Gasteiger partial charge in [0, 0.05) is 9.79 Å². The second-order valence-electron chi connectivity index (χ2n) is 9.13. The van der Waals surface area contributed by atoms with Crippen LogP contribution < -0.4 is 0 Å². The van der Waals surface area contributed by atoms with Crippen molar-refractivity contribution >= 4 is 21.6 Å². The van der Waals surface area contributed by atoms with Crippen molar-refractivity contribution < 1.29 is 0 Å². The van der Waals surface area contributed by atoms with Gasteiger partial charge < -0.3 is 0 Å². The Morgan fingerprint density at radius 2 is 0.781 bits per heavy atom. The molecule has 0 aliphatic rings. The molecular weight excluding hydrogens is 424 g/mol. The molecule has 0 unspecified atom stereocenters. The third-order valence-electron chi connectivity index (χ3n) is 6.06. The molecule has 2 heteroatoms. The molecule has 2 rings (SSSR count). The van der Waals surface area contributed by atoms with Crippen molar-refractivity contribution in [2.45, 2.75) is 128 Å². The summed E-state index contributed by atoms with van der Waals surface area (Å²) in [6.45, 7) is 13.9. The second-order valence-corrected chi connectivity index (χ2v) is 11.3. The molecule has 2 aromatic rings. The number of hydrogen-bond donors (Lipinski definition) is 0. The van der Waals surface area contributed by atoms with Crippen LogP contribution in [-0.4, -0.2) is 0 Å². The van der Waals surface area contributed by atoms with E-state index < -0.39 is 0 Å². The first-order valence-corrected chi connectivity index (χ1v) is 15.4. The first-order chi connectivity index (χ1) is 15.6. The van der Waals surface area contributed by atoms with E-state index in [1.807, 2.05) is 21.6 Å². The van der Waals surface area contributed by atoms with Crippen molar-refractivity contribution in [3.05, 3.63) is 57.6 Å². The van der Waals surface area contributed by atoms with Crippen LogP contribution in [0.3, 0.4) is 0 Å². The monoisotopic (exact) mass is 470 g/mol. The van der Waals surface area contributed by atoms with Gasteiger partial charge in [0.15, 0.2) is 0 Å². The fourth-order valence-electron chi connectivity index (χ4n) is 4.69. The zero-order valence-electron chi connectivity index (χ0n) is 21.6. The summed E-state index contributed by atoms with van der Waals surface area (Å²) in [5.41, 5.74) is 9.48. The van der Waals surface area contributed by atoms with Crippen molar-refractivity contribution in [1.29, 1.82) is 0 Å². The molecule has 32 heavy (non-hydrogen) atoms. The molecule has 0 atom stereocenters. The fraction of sp³-hybridized carbons (Fsp3) is 0.600. The predicted octanol–water partition coefficient (Wildman–Crippen LogP) is 10.2. The van der Waals surface area contributed by atoms with Crippen LogP contribution in [0.1, 0.15) is 113 Å². The zero-order chi connectivity index (χ0) is 23.3. The van der Waals surface area contributed by atoms with Gasteiger partial charge in [-0.2, -0.15) is 0 Å². The van der Waals surface area contributed by atoms with Crippen LogP contribution in [0.2, 0.25) is 0 Å². The summed E-state index contributed by atoms with van der Waals surface area (Å²) in [4.78, 5) is 3.04. The quantitative estimate of drug-likeness (QED) is 0.237. The first kappa shape index (κ1) is 27.4. The number of benzene rings is 2. The Balaban J connectivity index is 2.46. The molecule has 0 fully saturated rings. The lowest BCUT2D eigenvalue weighted by Gasteiger charge is -2.19. The number of hydrogen-bond acceptors (Lipinski definition) is 2. The molecule has 0 nitrogen and oxygen atoms in total. The van der Waals surface area contributed by atoms with Gasteiger partial charge in [0.05, 0.1) is 0 Å². The van der Waals surface area contributed by atoms with E-state index in [9.17, 15) is 0 Å². The van der Waals surface area contributed by atoms with Crippen molar-refractivity contribution in [2.24, 2.45) is 0 Å². The van der Waals surface area contributed by atoms with Crippen molar-refractivity contribution in [3.63, 3.8) is 0 Å². The molecule has 0 N–H and O–H groups in total. The molecule has 0 saturated carbocycles. The molecule has 0 aliphatic carbocycles. The summed E-state index contributed by atoms with van der Waals surface area (Å²) < 4.78 is 0. The normalized spacial score (nSPS) is 11.3. The SMILES string of the molecule is CCCc1cc(CCC)c(CCC)c(SSc2cc(CCC)cc(CCC)c2CCC)c1. The third-order valence-corrected chi connectivity index (χ3v) is 8.56. The largest absolute Gasteiger partial charge is 0.0651 e. The van der Waals surface area contributed by atoms with Crippen LogP contribution >= 0.6 is 21.6 Å². The molecule has 0 aliphatic heterocycles. The van der Waals surface area contributed by atoms with Crippen LogP contribution in [-0.2, 0) is 38.5 Å². The van der Waals surface area contributed by atoms with Crippen molar-refractivity contribution in [3.8, 4) is 0 Å². The average molecular weight is 471 g/mol. The molecular formula is C30H46S2.